The summed E-state index contributed by atoms with van der Waals surface area (Å²) in [5, 5.41) is 7.00. The summed E-state index contributed by atoms with van der Waals surface area (Å²) in [5.41, 5.74) is 1.11. The fraction of sp³-hybridized carbons (Fsp3) is 0.533. The molecule has 0 radical (unpaired) electrons. The number of nitrogens with one attached hydrogen (secondary N) is 2. The Morgan fingerprint density at radius 1 is 1.05 bits per heavy atom. The second-order valence-electron chi connectivity index (χ2n) is 4.26. The second-order valence-corrected chi connectivity index (χ2v) is 4.66. The molecule has 4 nitrogen and oxygen atoms in total. The van der Waals surface area contributed by atoms with E-state index in [1.807, 2.05) is 32.0 Å². The zero-order valence-corrected chi connectivity index (χ0v) is 13.3. The molecule has 1 aromatic rings. The number of hydrogen-bond donors (Lipinski definition) is 2. The van der Waals surface area contributed by atoms with Crippen molar-refractivity contribution in [3.63, 3.8) is 0 Å². The van der Waals surface area contributed by atoms with Crippen molar-refractivity contribution in [3.8, 4) is 11.5 Å². The third-order valence-corrected chi connectivity index (χ3v) is 2.89. The molecule has 0 aliphatic rings. The van der Waals surface area contributed by atoms with Crippen LogP contribution in [-0.4, -0.2) is 24.9 Å². The van der Waals surface area contributed by atoms with Gasteiger partial charge in [0.2, 0.25) is 0 Å². The summed E-state index contributed by atoms with van der Waals surface area (Å²) in [5.74, 6) is 1.56. The molecular weight excluding hydrogens is 272 g/mol. The first kappa shape index (κ1) is 16.6. The second kappa shape index (κ2) is 9.42. The summed E-state index contributed by atoms with van der Waals surface area (Å²) < 4.78 is 11.1. The normalized spacial score (nSPS) is 9.95. The van der Waals surface area contributed by atoms with Crippen LogP contribution < -0.4 is 20.1 Å². The van der Waals surface area contributed by atoms with E-state index < -0.39 is 0 Å². The van der Waals surface area contributed by atoms with Crippen molar-refractivity contribution in [1.29, 1.82) is 0 Å². The Hall–Kier alpha value is -1.49. The molecule has 112 valence electrons. The Labute approximate surface area is 126 Å². The van der Waals surface area contributed by atoms with Gasteiger partial charge in [-0.15, -0.1) is 0 Å². The standard InChI is InChI=1S/C15H24N2O2S/c1-4-9-16-15(20)17-11-12-7-8-13(18-5-2)14(10-12)19-6-3/h7-8,10H,4-6,9,11H2,1-3H3,(H2,16,17,20). The average molecular weight is 296 g/mol. The molecule has 0 bridgehead atoms. The molecule has 1 aromatic carbocycles. The number of benzene rings is 1. The van der Waals surface area contributed by atoms with Crippen molar-refractivity contribution in [3.05, 3.63) is 23.8 Å². The Bertz CT molecular complexity index is 424. The molecule has 0 fully saturated rings. The van der Waals surface area contributed by atoms with Gasteiger partial charge in [-0.05, 0) is 50.2 Å². The molecule has 0 amide bonds. The van der Waals surface area contributed by atoms with Crippen molar-refractivity contribution < 1.29 is 9.47 Å². The van der Waals surface area contributed by atoms with Gasteiger partial charge in [-0.3, -0.25) is 0 Å². The van der Waals surface area contributed by atoms with Gasteiger partial charge in [0.1, 0.15) is 0 Å². The number of thiocarbonyl (C=S) groups is 1. The maximum atomic E-state index is 5.60. The molecule has 0 unspecified atom stereocenters. The lowest BCUT2D eigenvalue weighted by Crippen LogP contribution is -2.35. The fourth-order valence-corrected chi connectivity index (χ4v) is 1.86. The van der Waals surface area contributed by atoms with Gasteiger partial charge in [-0.2, -0.15) is 0 Å². The third kappa shape index (κ3) is 5.65. The van der Waals surface area contributed by atoms with E-state index in [0.717, 1.165) is 30.0 Å². The molecule has 0 aliphatic carbocycles. The molecule has 2 N–H and O–H groups in total. The zero-order chi connectivity index (χ0) is 14.8. The highest BCUT2D eigenvalue weighted by Gasteiger charge is 2.06. The zero-order valence-electron chi connectivity index (χ0n) is 12.5. The molecule has 0 heterocycles. The third-order valence-electron chi connectivity index (χ3n) is 2.60. The first-order valence-electron chi connectivity index (χ1n) is 7.11. The van der Waals surface area contributed by atoms with E-state index in [1.54, 1.807) is 0 Å². The van der Waals surface area contributed by atoms with Crippen molar-refractivity contribution >= 4 is 17.3 Å². The van der Waals surface area contributed by atoms with Crippen LogP contribution in [0, 0.1) is 0 Å². The molecule has 0 aliphatic heterocycles. The lowest BCUT2D eigenvalue weighted by Gasteiger charge is -2.14. The Kier molecular flexibility index (Phi) is 7.80. The summed E-state index contributed by atoms with van der Waals surface area (Å²) in [6.45, 7) is 8.83. The van der Waals surface area contributed by atoms with Crippen molar-refractivity contribution in [1.82, 2.24) is 10.6 Å². The van der Waals surface area contributed by atoms with Crippen LogP contribution in [0.15, 0.2) is 18.2 Å². The number of hydrogen-bond acceptors (Lipinski definition) is 3. The van der Waals surface area contributed by atoms with E-state index in [1.165, 1.54) is 0 Å². The van der Waals surface area contributed by atoms with Gasteiger partial charge in [0, 0.05) is 13.1 Å². The molecule has 0 aromatic heterocycles. The van der Waals surface area contributed by atoms with Gasteiger partial charge >= 0.3 is 0 Å². The van der Waals surface area contributed by atoms with Crippen LogP contribution in [0.4, 0.5) is 0 Å². The quantitative estimate of drug-likeness (QED) is 0.722. The maximum absolute atomic E-state index is 5.60. The van der Waals surface area contributed by atoms with Crippen LogP contribution in [0.1, 0.15) is 32.8 Å². The molecule has 1 rings (SSSR count). The van der Waals surface area contributed by atoms with Crippen molar-refractivity contribution in [2.45, 2.75) is 33.7 Å². The Morgan fingerprint density at radius 2 is 1.75 bits per heavy atom. The first-order valence-corrected chi connectivity index (χ1v) is 7.52. The molecule has 0 saturated heterocycles. The lowest BCUT2D eigenvalue weighted by molar-refractivity contribution is 0.287. The summed E-state index contributed by atoms with van der Waals surface area (Å²) in [7, 11) is 0. The predicted molar refractivity (Wildman–Crippen MR) is 86.5 cm³/mol. The SMILES string of the molecule is CCCNC(=S)NCc1ccc(OCC)c(OCC)c1. The van der Waals surface area contributed by atoms with Gasteiger partial charge in [0.05, 0.1) is 13.2 Å². The van der Waals surface area contributed by atoms with Gasteiger partial charge in [-0.25, -0.2) is 0 Å². The smallest absolute Gasteiger partial charge is 0.166 e. The Balaban J connectivity index is 2.62. The van der Waals surface area contributed by atoms with Crippen molar-refractivity contribution in [2.24, 2.45) is 0 Å². The summed E-state index contributed by atoms with van der Waals surface area (Å²) in [6.07, 6.45) is 1.05. The molecule has 0 saturated carbocycles. The average Bonchev–Trinajstić information content (AvgIpc) is 2.45. The van der Waals surface area contributed by atoms with Crippen LogP contribution >= 0.6 is 12.2 Å². The minimum absolute atomic E-state index is 0.618. The van der Waals surface area contributed by atoms with Crippen molar-refractivity contribution in [2.75, 3.05) is 19.8 Å². The van der Waals surface area contributed by atoms with Crippen LogP contribution in [0.5, 0.6) is 11.5 Å². The molecule has 5 heteroatoms. The van der Waals surface area contributed by atoms with Crippen LogP contribution in [0.25, 0.3) is 0 Å². The van der Waals surface area contributed by atoms with Crippen LogP contribution in [0.3, 0.4) is 0 Å². The first-order chi connectivity index (χ1) is 9.71. The summed E-state index contributed by atoms with van der Waals surface area (Å²) >= 11 is 5.19. The summed E-state index contributed by atoms with van der Waals surface area (Å²) in [6, 6.07) is 5.95. The highest BCUT2D eigenvalue weighted by atomic mass is 32.1. The minimum atomic E-state index is 0.618. The van der Waals surface area contributed by atoms with E-state index in [4.69, 9.17) is 21.7 Å². The molecule has 20 heavy (non-hydrogen) atoms. The monoisotopic (exact) mass is 296 g/mol. The maximum Gasteiger partial charge on any atom is 0.166 e. The van der Waals surface area contributed by atoms with Crippen LogP contribution in [0.2, 0.25) is 0 Å². The van der Waals surface area contributed by atoms with Crippen LogP contribution in [-0.2, 0) is 6.54 Å². The molecule has 0 atom stereocenters. The highest BCUT2D eigenvalue weighted by molar-refractivity contribution is 7.80. The number of rotatable bonds is 8. The van der Waals surface area contributed by atoms with Gasteiger partial charge in [0.15, 0.2) is 16.6 Å². The minimum Gasteiger partial charge on any atom is -0.490 e. The fourth-order valence-electron chi connectivity index (χ4n) is 1.69. The highest BCUT2D eigenvalue weighted by Crippen LogP contribution is 2.28. The van der Waals surface area contributed by atoms with E-state index in [-0.39, 0.29) is 0 Å². The predicted octanol–water partition coefficient (Wildman–Crippen LogP) is 2.86. The topological polar surface area (TPSA) is 42.5 Å². The lowest BCUT2D eigenvalue weighted by atomic mass is 10.2. The summed E-state index contributed by atoms with van der Waals surface area (Å²) in [4.78, 5) is 0. The molecular formula is C15H24N2O2S. The van der Waals surface area contributed by atoms with E-state index in [0.29, 0.717) is 24.9 Å². The van der Waals surface area contributed by atoms with Gasteiger partial charge < -0.3 is 20.1 Å². The van der Waals surface area contributed by atoms with Gasteiger partial charge in [-0.1, -0.05) is 13.0 Å². The Morgan fingerprint density at radius 3 is 2.40 bits per heavy atom. The van der Waals surface area contributed by atoms with E-state index in [2.05, 4.69) is 17.6 Å². The van der Waals surface area contributed by atoms with Gasteiger partial charge in [0.25, 0.3) is 0 Å². The molecule has 0 spiro atoms. The van der Waals surface area contributed by atoms with E-state index >= 15 is 0 Å². The van der Waals surface area contributed by atoms with E-state index in [9.17, 15) is 0 Å². The number of ether oxygens (including phenoxy) is 2. The largest absolute Gasteiger partial charge is 0.490 e.